The summed E-state index contributed by atoms with van der Waals surface area (Å²) in [4.78, 5) is 26.9. The first-order chi connectivity index (χ1) is 18.4. The molecule has 0 bridgehead atoms. The first kappa shape index (κ1) is 25.2. The second-order valence-corrected chi connectivity index (χ2v) is 9.48. The Balaban J connectivity index is 1.58. The maximum atomic E-state index is 13.6. The summed E-state index contributed by atoms with van der Waals surface area (Å²) in [5, 5.41) is 3.52. The minimum absolute atomic E-state index is 0.288. The molecule has 1 N–H and O–H groups in total. The summed E-state index contributed by atoms with van der Waals surface area (Å²) in [7, 11) is 3.13. The first-order valence-corrected chi connectivity index (χ1v) is 12.4. The van der Waals surface area contributed by atoms with Gasteiger partial charge in [-0.1, -0.05) is 32.0 Å². The SMILES string of the molecule is COc1ccc(NC(=O)[C@@H]2Oc3c(c(=O)oc4ccccc34)[C@@H]2c2ccc(OCC(C)C)c(OC)c2)cc1. The van der Waals surface area contributed by atoms with Gasteiger partial charge in [-0.3, -0.25) is 4.79 Å². The highest BCUT2D eigenvalue weighted by atomic mass is 16.5. The van der Waals surface area contributed by atoms with E-state index in [0.29, 0.717) is 57.7 Å². The van der Waals surface area contributed by atoms with Gasteiger partial charge in [0, 0.05) is 5.69 Å². The number of carbonyl (C=O) groups excluding carboxylic acids is 1. The number of para-hydroxylation sites is 1. The molecule has 0 aliphatic carbocycles. The molecule has 1 aliphatic rings. The van der Waals surface area contributed by atoms with E-state index < -0.39 is 23.6 Å². The van der Waals surface area contributed by atoms with Crippen molar-refractivity contribution in [2.75, 3.05) is 26.1 Å². The number of hydrogen-bond donors (Lipinski definition) is 1. The van der Waals surface area contributed by atoms with Gasteiger partial charge in [0.25, 0.3) is 5.91 Å². The number of methoxy groups -OCH3 is 2. The third kappa shape index (κ3) is 4.77. The number of benzene rings is 3. The molecule has 0 saturated carbocycles. The Morgan fingerprint density at radius 2 is 1.74 bits per heavy atom. The number of rotatable bonds is 8. The molecule has 0 radical (unpaired) electrons. The van der Waals surface area contributed by atoms with Crippen LogP contribution in [0.3, 0.4) is 0 Å². The van der Waals surface area contributed by atoms with E-state index in [1.165, 1.54) is 0 Å². The van der Waals surface area contributed by atoms with E-state index in [0.717, 1.165) is 0 Å². The molecule has 196 valence electrons. The molecule has 1 amide bonds. The Morgan fingerprint density at radius 3 is 2.45 bits per heavy atom. The second-order valence-electron chi connectivity index (χ2n) is 9.48. The summed E-state index contributed by atoms with van der Waals surface area (Å²) < 4.78 is 28.6. The van der Waals surface area contributed by atoms with Gasteiger partial charge in [0.2, 0.25) is 0 Å². The molecule has 5 rings (SSSR count). The molecule has 1 aromatic heterocycles. The van der Waals surface area contributed by atoms with Crippen LogP contribution in [0.4, 0.5) is 5.69 Å². The fourth-order valence-electron chi connectivity index (χ4n) is 4.56. The molecule has 0 spiro atoms. The van der Waals surface area contributed by atoms with Gasteiger partial charge in [-0.05, 0) is 60.0 Å². The minimum atomic E-state index is -1.03. The molecule has 8 nitrogen and oxygen atoms in total. The smallest absolute Gasteiger partial charge is 0.344 e. The van der Waals surface area contributed by atoms with E-state index in [4.69, 9.17) is 23.4 Å². The monoisotopic (exact) mass is 515 g/mol. The number of carbonyl (C=O) groups is 1. The van der Waals surface area contributed by atoms with Crippen molar-refractivity contribution in [2.24, 2.45) is 5.92 Å². The Bertz CT molecular complexity index is 1520. The van der Waals surface area contributed by atoms with Gasteiger partial charge in [0.15, 0.2) is 17.6 Å². The highest BCUT2D eigenvalue weighted by molar-refractivity contribution is 5.97. The summed E-state index contributed by atoms with van der Waals surface area (Å²) in [5.74, 6) is 1.27. The Kier molecular flexibility index (Phi) is 6.96. The number of ether oxygens (including phenoxy) is 4. The van der Waals surface area contributed by atoms with Crippen molar-refractivity contribution >= 4 is 22.6 Å². The Hall–Kier alpha value is -4.46. The predicted octanol–water partition coefficient (Wildman–Crippen LogP) is 5.38. The maximum Gasteiger partial charge on any atom is 0.344 e. The molecule has 0 saturated heterocycles. The highest BCUT2D eigenvalue weighted by Gasteiger charge is 2.44. The predicted molar refractivity (Wildman–Crippen MR) is 144 cm³/mol. The first-order valence-electron chi connectivity index (χ1n) is 12.4. The van der Waals surface area contributed by atoms with Crippen molar-refractivity contribution < 1.29 is 28.2 Å². The lowest BCUT2D eigenvalue weighted by Crippen LogP contribution is -2.35. The average molecular weight is 516 g/mol. The van der Waals surface area contributed by atoms with Crippen molar-refractivity contribution in [1.82, 2.24) is 0 Å². The summed E-state index contributed by atoms with van der Waals surface area (Å²) in [5.41, 5.74) is 1.36. The van der Waals surface area contributed by atoms with Crippen LogP contribution in [-0.4, -0.2) is 32.8 Å². The second kappa shape index (κ2) is 10.5. The van der Waals surface area contributed by atoms with Crippen LogP contribution in [0.2, 0.25) is 0 Å². The number of amides is 1. The van der Waals surface area contributed by atoms with Crippen LogP contribution in [0.5, 0.6) is 23.0 Å². The van der Waals surface area contributed by atoms with Gasteiger partial charge < -0.3 is 28.7 Å². The summed E-state index contributed by atoms with van der Waals surface area (Å²) in [6, 6.07) is 19.5. The average Bonchev–Trinajstić information content (AvgIpc) is 3.34. The van der Waals surface area contributed by atoms with Gasteiger partial charge in [-0.15, -0.1) is 0 Å². The van der Waals surface area contributed by atoms with Crippen molar-refractivity contribution in [3.63, 3.8) is 0 Å². The number of hydrogen-bond acceptors (Lipinski definition) is 7. The standard InChI is InChI=1S/C30H29NO7/c1-17(2)16-36-23-14-9-18(15-24(23)35-4)25-26-27(21-7-5-6-8-22(21)37-30(26)33)38-28(25)29(32)31-19-10-12-20(34-3)13-11-19/h5-15,17,25,28H,16H2,1-4H3,(H,31,32)/t25-,28+/m0/s1. The third-order valence-electron chi connectivity index (χ3n) is 6.39. The largest absolute Gasteiger partial charge is 0.497 e. The summed E-state index contributed by atoms with van der Waals surface area (Å²) in [6.07, 6.45) is -1.03. The van der Waals surface area contributed by atoms with Gasteiger partial charge in [-0.2, -0.15) is 0 Å². The zero-order valence-corrected chi connectivity index (χ0v) is 21.6. The summed E-state index contributed by atoms with van der Waals surface area (Å²) >= 11 is 0. The van der Waals surface area contributed by atoms with E-state index in [9.17, 15) is 9.59 Å². The molecular formula is C30H29NO7. The van der Waals surface area contributed by atoms with Crippen LogP contribution in [0.25, 0.3) is 11.0 Å². The lowest BCUT2D eigenvalue weighted by atomic mass is 9.88. The van der Waals surface area contributed by atoms with E-state index in [1.807, 2.05) is 12.1 Å². The Morgan fingerprint density at radius 1 is 0.974 bits per heavy atom. The quantitative estimate of drug-likeness (QED) is 0.315. The zero-order chi connectivity index (χ0) is 26.8. The van der Waals surface area contributed by atoms with Crippen LogP contribution in [0.1, 0.15) is 30.9 Å². The van der Waals surface area contributed by atoms with Gasteiger partial charge in [0.05, 0.1) is 37.7 Å². The minimum Gasteiger partial charge on any atom is -0.497 e. The molecular weight excluding hydrogens is 486 g/mol. The fourth-order valence-corrected chi connectivity index (χ4v) is 4.56. The number of anilines is 1. The van der Waals surface area contributed by atoms with E-state index >= 15 is 0 Å². The van der Waals surface area contributed by atoms with Crippen molar-refractivity contribution in [3.8, 4) is 23.0 Å². The molecule has 2 heterocycles. The highest BCUT2D eigenvalue weighted by Crippen LogP contribution is 2.46. The van der Waals surface area contributed by atoms with Crippen molar-refractivity contribution in [1.29, 1.82) is 0 Å². The lowest BCUT2D eigenvalue weighted by molar-refractivity contribution is -0.122. The van der Waals surface area contributed by atoms with Crippen molar-refractivity contribution in [3.05, 3.63) is 88.3 Å². The molecule has 0 unspecified atom stereocenters. The third-order valence-corrected chi connectivity index (χ3v) is 6.39. The van der Waals surface area contributed by atoms with Gasteiger partial charge in [0.1, 0.15) is 17.1 Å². The normalized spacial score (nSPS) is 16.1. The molecule has 38 heavy (non-hydrogen) atoms. The van der Waals surface area contributed by atoms with Crippen LogP contribution in [-0.2, 0) is 4.79 Å². The number of fused-ring (bicyclic) bond motifs is 3. The van der Waals surface area contributed by atoms with E-state index in [1.54, 1.807) is 68.8 Å². The topological polar surface area (TPSA) is 96.2 Å². The molecule has 1 aliphatic heterocycles. The van der Waals surface area contributed by atoms with Crippen molar-refractivity contribution in [2.45, 2.75) is 25.9 Å². The Labute approximate surface area is 220 Å². The van der Waals surface area contributed by atoms with Crippen LogP contribution < -0.4 is 29.9 Å². The van der Waals surface area contributed by atoms with E-state index in [-0.39, 0.29) is 5.56 Å². The fraction of sp³-hybridized carbons (Fsp3) is 0.267. The van der Waals surface area contributed by atoms with Gasteiger partial charge >= 0.3 is 5.63 Å². The molecule has 4 aromatic rings. The molecule has 8 heteroatoms. The van der Waals surface area contributed by atoms with Crippen LogP contribution in [0.15, 0.2) is 75.9 Å². The number of nitrogens with one attached hydrogen (secondary N) is 1. The maximum absolute atomic E-state index is 13.6. The summed E-state index contributed by atoms with van der Waals surface area (Å²) in [6.45, 7) is 4.64. The zero-order valence-electron chi connectivity index (χ0n) is 21.6. The lowest BCUT2D eigenvalue weighted by Gasteiger charge is -2.20. The molecule has 2 atom stereocenters. The van der Waals surface area contributed by atoms with Crippen LogP contribution in [0, 0.1) is 5.92 Å². The molecule has 0 fully saturated rings. The van der Waals surface area contributed by atoms with Crippen LogP contribution >= 0.6 is 0 Å². The van der Waals surface area contributed by atoms with Gasteiger partial charge in [-0.25, -0.2) is 4.79 Å². The molecule has 3 aromatic carbocycles. The van der Waals surface area contributed by atoms with E-state index in [2.05, 4.69) is 19.2 Å².